The molecule has 0 saturated carbocycles. The minimum Gasteiger partial charge on any atom is -0.478 e. The van der Waals surface area contributed by atoms with Crippen LogP contribution in [0.2, 0.25) is 0 Å². The van der Waals surface area contributed by atoms with Gasteiger partial charge in [0.2, 0.25) is 0 Å². The summed E-state index contributed by atoms with van der Waals surface area (Å²) in [6, 6.07) is 0. The van der Waals surface area contributed by atoms with Crippen molar-refractivity contribution >= 4 is 17.9 Å². The lowest BCUT2D eigenvalue weighted by atomic mass is 10.2. The molecule has 6 nitrogen and oxygen atoms in total. The molecule has 0 fully saturated rings. The first-order valence-corrected chi connectivity index (χ1v) is 6.82. The van der Waals surface area contributed by atoms with Crippen LogP contribution in [0.15, 0.2) is 37.5 Å². The topological polar surface area (TPSA) is 89.9 Å². The predicted molar refractivity (Wildman–Crippen MR) is 83.2 cm³/mol. The molecule has 22 heavy (non-hydrogen) atoms. The molecule has 0 aromatic rings. The van der Waals surface area contributed by atoms with Crippen LogP contribution < -0.4 is 0 Å². The van der Waals surface area contributed by atoms with Crippen LogP contribution in [0.1, 0.15) is 32.6 Å². The van der Waals surface area contributed by atoms with Crippen molar-refractivity contribution in [2.45, 2.75) is 32.6 Å². The van der Waals surface area contributed by atoms with E-state index in [1.54, 1.807) is 0 Å². The van der Waals surface area contributed by atoms with Gasteiger partial charge in [-0.2, -0.15) is 0 Å². The summed E-state index contributed by atoms with van der Waals surface area (Å²) < 4.78 is 9.60. The minimum atomic E-state index is -0.935. The maximum absolute atomic E-state index is 10.6. The Kier molecular flexibility index (Phi) is 15.0. The van der Waals surface area contributed by atoms with Crippen LogP contribution in [-0.2, 0) is 23.9 Å². The standard InChI is InChI=1S/C12H18O4.C4H6O2/c1-3-11(13)15-9-7-5-6-8-10-16-12(14)4-2;1-3(2)4(5)6/h3-4H,1-2,5-10H2;1H2,2H3,(H,5,6). The molecule has 0 aliphatic carbocycles. The summed E-state index contributed by atoms with van der Waals surface area (Å²) in [6.45, 7) is 12.0. The molecule has 0 unspecified atom stereocenters. The molecule has 0 spiro atoms. The van der Waals surface area contributed by atoms with Gasteiger partial charge in [-0.3, -0.25) is 0 Å². The Balaban J connectivity index is 0. The van der Waals surface area contributed by atoms with E-state index in [0.717, 1.165) is 37.8 Å². The van der Waals surface area contributed by atoms with E-state index in [1.807, 2.05) is 0 Å². The van der Waals surface area contributed by atoms with Gasteiger partial charge in [0.15, 0.2) is 0 Å². The van der Waals surface area contributed by atoms with E-state index in [9.17, 15) is 14.4 Å². The summed E-state index contributed by atoms with van der Waals surface area (Å²) in [7, 11) is 0. The van der Waals surface area contributed by atoms with E-state index >= 15 is 0 Å². The first-order valence-electron chi connectivity index (χ1n) is 6.82. The Morgan fingerprint density at radius 1 is 0.909 bits per heavy atom. The molecule has 1 N–H and O–H groups in total. The Morgan fingerprint density at radius 2 is 1.23 bits per heavy atom. The van der Waals surface area contributed by atoms with Crippen LogP contribution in [-0.4, -0.2) is 36.2 Å². The number of hydrogen-bond donors (Lipinski definition) is 1. The fourth-order valence-electron chi connectivity index (χ4n) is 1.02. The largest absolute Gasteiger partial charge is 0.478 e. The van der Waals surface area contributed by atoms with Crippen LogP contribution in [0.4, 0.5) is 0 Å². The first-order chi connectivity index (χ1) is 10.3. The fourth-order valence-corrected chi connectivity index (χ4v) is 1.02. The normalized spacial score (nSPS) is 8.77. The molecule has 0 saturated heterocycles. The third kappa shape index (κ3) is 17.6. The highest BCUT2D eigenvalue weighted by atomic mass is 16.5. The van der Waals surface area contributed by atoms with Gasteiger partial charge in [-0.25, -0.2) is 14.4 Å². The second-order valence-corrected chi connectivity index (χ2v) is 4.24. The number of unbranched alkanes of at least 4 members (excludes halogenated alkanes) is 3. The van der Waals surface area contributed by atoms with Gasteiger partial charge in [0.1, 0.15) is 0 Å². The van der Waals surface area contributed by atoms with Gasteiger partial charge in [0.05, 0.1) is 13.2 Å². The molecule has 0 radical (unpaired) electrons. The van der Waals surface area contributed by atoms with E-state index in [1.165, 1.54) is 6.92 Å². The smallest absolute Gasteiger partial charge is 0.330 e. The molecule has 0 aliphatic heterocycles. The lowest BCUT2D eigenvalue weighted by Gasteiger charge is -2.03. The number of carboxylic acids is 1. The Hall–Kier alpha value is -2.37. The molecular weight excluding hydrogens is 288 g/mol. The number of rotatable bonds is 10. The number of esters is 2. The lowest BCUT2D eigenvalue weighted by Crippen LogP contribution is -2.03. The maximum Gasteiger partial charge on any atom is 0.330 e. The molecular formula is C16H24O6. The molecule has 124 valence electrons. The van der Waals surface area contributed by atoms with E-state index in [4.69, 9.17) is 14.6 Å². The van der Waals surface area contributed by atoms with Crippen molar-refractivity contribution in [3.8, 4) is 0 Å². The van der Waals surface area contributed by atoms with Crippen molar-refractivity contribution in [2.75, 3.05) is 13.2 Å². The van der Waals surface area contributed by atoms with Crippen molar-refractivity contribution in [1.82, 2.24) is 0 Å². The highest BCUT2D eigenvalue weighted by Gasteiger charge is 1.97. The van der Waals surface area contributed by atoms with Gasteiger partial charge < -0.3 is 14.6 Å². The molecule has 6 heteroatoms. The number of carbonyl (C=O) groups excluding carboxylic acids is 2. The number of carboxylic acid groups (broad SMARTS) is 1. The first kappa shape index (κ1) is 21.9. The number of aliphatic carboxylic acids is 1. The molecule has 0 aromatic heterocycles. The molecule has 0 rings (SSSR count). The predicted octanol–water partition coefficient (Wildman–Crippen LogP) is 2.65. The van der Waals surface area contributed by atoms with Crippen molar-refractivity contribution in [1.29, 1.82) is 0 Å². The third-order valence-electron chi connectivity index (χ3n) is 2.23. The second kappa shape index (κ2) is 15.0. The summed E-state index contributed by atoms with van der Waals surface area (Å²) in [4.78, 5) is 30.9. The number of ether oxygens (including phenoxy) is 2. The van der Waals surface area contributed by atoms with Crippen LogP contribution in [0.5, 0.6) is 0 Å². The van der Waals surface area contributed by atoms with E-state index < -0.39 is 5.97 Å². The number of carbonyl (C=O) groups is 3. The highest BCUT2D eigenvalue weighted by molar-refractivity contribution is 5.84. The molecule has 0 atom stereocenters. The average molecular weight is 312 g/mol. The maximum atomic E-state index is 10.6. The summed E-state index contributed by atoms with van der Waals surface area (Å²) in [5.41, 5.74) is 0.176. The lowest BCUT2D eigenvalue weighted by molar-refractivity contribution is -0.139. The zero-order chi connectivity index (χ0) is 17.4. The second-order valence-electron chi connectivity index (χ2n) is 4.24. The van der Waals surface area contributed by atoms with Crippen molar-refractivity contribution in [3.63, 3.8) is 0 Å². The van der Waals surface area contributed by atoms with Gasteiger partial charge in [-0.1, -0.05) is 19.7 Å². The average Bonchev–Trinajstić information content (AvgIpc) is 2.49. The Morgan fingerprint density at radius 3 is 1.45 bits per heavy atom. The molecule has 0 amide bonds. The number of hydrogen-bond acceptors (Lipinski definition) is 5. The quantitative estimate of drug-likeness (QED) is 0.379. The third-order valence-corrected chi connectivity index (χ3v) is 2.23. The van der Waals surface area contributed by atoms with Crippen molar-refractivity contribution < 1.29 is 29.0 Å². The van der Waals surface area contributed by atoms with Gasteiger partial charge >= 0.3 is 17.9 Å². The zero-order valence-corrected chi connectivity index (χ0v) is 13.0. The molecule has 0 bridgehead atoms. The monoisotopic (exact) mass is 312 g/mol. The minimum absolute atomic E-state index is 0.176. The molecule has 0 heterocycles. The Labute approximate surface area is 131 Å². The fraction of sp³-hybridized carbons (Fsp3) is 0.438. The summed E-state index contributed by atoms with van der Waals surface area (Å²) in [5.74, 6) is -1.71. The van der Waals surface area contributed by atoms with Crippen LogP contribution in [0, 0.1) is 0 Å². The van der Waals surface area contributed by atoms with Gasteiger partial charge in [-0.15, -0.1) is 0 Å². The zero-order valence-electron chi connectivity index (χ0n) is 13.0. The molecule has 0 aromatic carbocycles. The van der Waals surface area contributed by atoms with Gasteiger partial charge in [0, 0.05) is 17.7 Å². The summed E-state index contributed by atoms with van der Waals surface area (Å²) in [6.07, 6.45) is 5.81. The van der Waals surface area contributed by atoms with Crippen molar-refractivity contribution in [3.05, 3.63) is 37.5 Å². The van der Waals surface area contributed by atoms with Gasteiger partial charge in [-0.05, 0) is 32.6 Å². The SMILES string of the molecule is C=C(C)C(=O)O.C=CC(=O)OCCCCCCOC(=O)C=C. The van der Waals surface area contributed by atoms with Crippen LogP contribution in [0.25, 0.3) is 0 Å². The highest BCUT2D eigenvalue weighted by Crippen LogP contribution is 2.01. The van der Waals surface area contributed by atoms with Crippen molar-refractivity contribution in [2.24, 2.45) is 0 Å². The molecule has 0 aliphatic rings. The van der Waals surface area contributed by atoms with E-state index in [2.05, 4.69) is 19.7 Å². The van der Waals surface area contributed by atoms with Crippen LogP contribution >= 0.6 is 0 Å². The van der Waals surface area contributed by atoms with E-state index in [-0.39, 0.29) is 17.5 Å². The van der Waals surface area contributed by atoms with Crippen LogP contribution in [0.3, 0.4) is 0 Å². The summed E-state index contributed by atoms with van der Waals surface area (Å²) >= 11 is 0. The Bertz CT molecular complexity index is 359. The van der Waals surface area contributed by atoms with Gasteiger partial charge in [0.25, 0.3) is 0 Å². The van der Waals surface area contributed by atoms with E-state index in [0.29, 0.717) is 13.2 Å². The summed E-state index contributed by atoms with van der Waals surface area (Å²) in [5, 5.41) is 7.89.